The summed E-state index contributed by atoms with van der Waals surface area (Å²) in [6.07, 6.45) is 6.59. The van der Waals surface area contributed by atoms with Gasteiger partial charge < -0.3 is 10.0 Å². The Morgan fingerprint density at radius 2 is 2.06 bits per heavy atom. The van der Waals surface area contributed by atoms with Crippen LogP contribution in [0.25, 0.3) is 0 Å². The number of anilines is 1. The fraction of sp³-hybridized carbons (Fsp3) is 0.600. The molecule has 0 radical (unpaired) electrons. The highest BCUT2D eigenvalue weighted by Crippen LogP contribution is 2.42. The summed E-state index contributed by atoms with van der Waals surface area (Å²) in [6, 6.07) is 6.49. The van der Waals surface area contributed by atoms with Crippen LogP contribution in [0.2, 0.25) is 5.02 Å². The molecule has 1 heterocycles. The highest BCUT2D eigenvalue weighted by atomic mass is 35.5. The first-order valence-corrected chi connectivity index (χ1v) is 7.34. The lowest BCUT2D eigenvalue weighted by atomic mass is 9.91. The molecule has 0 amide bonds. The first-order valence-electron chi connectivity index (χ1n) is 6.96. The molecule has 1 saturated carbocycles. The lowest BCUT2D eigenvalue weighted by Crippen LogP contribution is -2.43. The number of fused-ring (bicyclic) bond motifs is 1. The van der Waals surface area contributed by atoms with Gasteiger partial charge in [0.25, 0.3) is 0 Å². The summed E-state index contributed by atoms with van der Waals surface area (Å²) >= 11 is 6.38. The van der Waals surface area contributed by atoms with Crippen molar-refractivity contribution in [2.24, 2.45) is 5.92 Å². The molecule has 1 N–H and O–H groups in total. The van der Waals surface area contributed by atoms with Crippen LogP contribution in [0.4, 0.5) is 5.69 Å². The van der Waals surface area contributed by atoms with E-state index < -0.39 is 0 Å². The van der Waals surface area contributed by atoms with Crippen molar-refractivity contribution < 1.29 is 5.11 Å². The van der Waals surface area contributed by atoms with Crippen LogP contribution in [0.15, 0.2) is 18.2 Å². The second-order valence-corrected chi connectivity index (χ2v) is 5.91. The number of aliphatic hydroxyl groups is 1. The van der Waals surface area contributed by atoms with Crippen LogP contribution in [0.1, 0.15) is 37.7 Å². The van der Waals surface area contributed by atoms with Crippen LogP contribution in [0, 0.1) is 5.92 Å². The zero-order chi connectivity index (χ0) is 12.5. The number of rotatable bonds is 2. The zero-order valence-electron chi connectivity index (χ0n) is 10.6. The number of hydrogen-bond acceptors (Lipinski definition) is 2. The van der Waals surface area contributed by atoms with Crippen molar-refractivity contribution >= 4 is 17.3 Å². The van der Waals surface area contributed by atoms with E-state index in [1.54, 1.807) is 0 Å². The van der Waals surface area contributed by atoms with E-state index in [0.717, 1.165) is 28.7 Å². The summed E-state index contributed by atoms with van der Waals surface area (Å²) in [5.41, 5.74) is 2.05. The van der Waals surface area contributed by atoms with Gasteiger partial charge in [0.15, 0.2) is 0 Å². The smallest absolute Gasteiger partial charge is 0.0702 e. The summed E-state index contributed by atoms with van der Waals surface area (Å²) < 4.78 is 0. The van der Waals surface area contributed by atoms with E-state index in [4.69, 9.17) is 11.6 Å². The quantitative estimate of drug-likeness (QED) is 0.883. The molecule has 1 aromatic carbocycles. The summed E-state index contributed by atoms with van der Waals surface area (Å²) in [5.74, 6) is 0.835. The third-order valence-electron chi connectivity index (χ3n) is 4.52. The SMILES string of the molecule is OCc1cccc(Cl)c1N1CCCC2CCCC21. The van der Waals surface area contributed by atoms with E-state index in [1.165, 1.54) is 32.1 Å². The predicted octanol–water partition coefficient (Wildman–Crippen LogP) is 3.60. The number of aliphatic hydroxyl groups excluding tert-OH is 1. The molecule has 18 heavy (non-hydrogen) atoms. The molecule has 0 aromatic heterocycles. The van der Waals surface area contributed by atoms with Crippen molar-refractivity contribution in [1.82, 2.24) is 0 Å². The van der Waals surface area contributed by atoms with Crippen LogP contribution < -0.4 is 4.90 Å². The van der Waals surface area contributed by atoms with Crippen molar-refractivity contribution in [3.63, 3.8) is 0 Å². The average molecular weight is 266 g/mol. The van der Waals surface area contributed by atoms with E-state index in [0.29, 0.717) is 6.04 Å². The molecule has 3 rings (SSSR count). The Morgan fingerprint density at radius 3 is 2.89 bits per heavy atom. The maximum Gasteiger partial charge on any atom is 0.0702 e. The molecule has 98 valence electrons. The third kappa shape index (κ3) is 2.02. The monoisotopic (exact) mass is 265 g/mol. The van der Waals surface area contributed by atoms with Gasteiger partial charge in [-0.1, -0.05) is 30.2 Å². The molecule has 3 heteroatoms. The van der Waals surface area contributed by atoms with Gasteiger partial charge in [-0.15, -0.1) is 0 Å². The van der Waals surface area contributed by atoms with Crippen molar-refractivity contribution in [3.8, 4) is 0 Å². The molecular weight excluding hydrogens is 246 g/mol. The van der Waals surface area contributed by atoms with Gasteiger partial charge in [-0.3, -0.25) is 0 Å². The van der Waals surface area contributed by atoms with Gasteiger partial charge in [0.1, 0.15) is 0 Å². The van der Waals surface area contributed by atoms with Gasteiger partial charge >= 0.3 is 0 Å². The number of para-hydroxylation sites is 1. The zero-order valence-corrected chi connectivity index (χ0v) is 11.4. The first kappa shape index (κ1) is 12.3. The molecule has 2 atom stereocenters. The Bertz CT molecular complexity index is 435. The average Bonchev–Trinajstić information content (AvgIpc) is 2.86. The second kappa shape index (κ2) is 5.10. The van der Waals surface area contributed by atoms with E-state index in [9.17, 15) is 5.11 Å². The predicted molar refractivity (Wildman–Crippen MR) is 75.1 cm³/mol. The minimum atomic E-state index is 0.0732. The number of benzene rings is 1. The highest BCUT2D eigenvalue weighted by molar-refractivity contribution is 6.33. The molecule has 2 fully saturated rings. The topological polar surface area (TPSA) is 23.5 Å². The van der Waals surface area contributed by atoms with E-state index in [2.05, 4.69) is 4.90 Å². The van der Waals surface area contributed by atoms with Crippen LogP contribution in [0.3, 0.4) is 0 Å². The lowest BCUT2D eigenvalue weighted by Gasteiger charge is -2.40. The molecule has 2 nitrogen and oxygen atoms in total. The number of hydrogen-bond donors (Lipinski definition) is 1. The van der Waals surface area contributed by atoms with Crippen molar-refractivity contribution in [1.29, 1.82) is 0 Å². The summed E-state index contributed by atoms with van der Waals surface area (Å²) in [7, 11) is 0. The number of piperidine rings is 1. The van der Waals surface area contributed by atoms with E-state index in [1.807, 2.05) is 18.2 Å². The number of halogens is 1. The van der Waals surface area contributed by atoms with Crippen LogP contribution in [-0.2, 0) is 6.61 Å². The minimum absolute atomic E-state index is 0.0732. The highest BCUT2D eigenvalue weighted by Gasteiger charge is 2.36. The van der Waals surface area contributed by atoms with Gasteiger partial charge in [0.2, 0.25) is 0 Å². The Labute approximate surface area is 114 Å². The van der Waals surface area contributed by atoms with Gasteiger partial charge in [0, 0.05) is 18.2 Å². The molecule has 0 spiro atoms. The van der Waals surface area contributed by atoms with E-state index in [-0.39, 0.29) is 6.61 Å². The van der Waals surface area contributed by atoms with Crippen molar-refractivity contribution in [2.45, 2.75) is 44.8 Å². The Kier molecular flexibility index (Phi) is 3.49. The second-order valence-electron chi connectivity index (χ2n) is 5.50. The van der Waals surface area contributed by atoms with Crippen LogP contribution >= 0.6 is 11.6 Å². The summed E-state index contributed by atoms with van der Waals surface area (Å²) in [5, 5.41) is 10.3. The molecular formula is C15H20ClNO. The largest absolute Gasteiger partial charge is 0.392 e. The summed E-state index contributed by atoms with van der Waals surface area (Å²) in [4.78, 5) is 2.47. The van der Waals surface area contributed by atoms with Gasteiger partial charge in [0.05, 0.1) is 17.3 Å². The van der Waals surface area contributed by atoms with E-state index >= 15 is 0 Å². The Hall–Kier alpha value is -0.730. The Balaban J connectivity index is 1.98. The molecule has 2 aliphatic rings. The first-order chi connectivity index (χ1) is 8.81. The maximum absolute atomic E-state index is 9.53. The fourth-order valence-electron chi connectivity index (χ4n) is 3.74. The molecule has 1 aliphatic heterocycles. The normalized spacial score (nSPS) is 27.3. The fourth-order valence-corrected chi connectivity index (χ4v) is 4.04. The molecule has 2 unspecified atom stereocenters. The van der Waals surface area contributed by atoms with Crippen LogP contribution in [0.5, 0.6) is 0 Å². The molecule has 1 saturated heterocycles. The van der Waals surface area contributed by atoms with Gasteiger partial charge in [-0.05, 0) is 37.7 Å². The Morgan fingerprint density at radius 1 is 1.22 bits per heavy atom. The molecule has 0 bridgehead atoms. The minimum Gasteiger partial charge on any atom is -0.392 e. The molecule has 1 aliphatic carbocycles. The lowest BCUT2D eigenvalue weighted by molar-refractivity contribution is 0.280. The number of nitrogens with zero attached hydrogens (tertiary/aromatic N) is 1. The summed E-state index contributed by atoms with van der Waals surface area (Å²) in [6.45, 7) is 1.15. The van der Waals surface area contributed by atoms with Crippen molar-refractivity contribution in [3.05, 3.63) is 28.8 Å². The van der Waals surface area contributed by atoms with Crippen LogP contribution in [-0.4, -0.2) is 17.7 Å². The maximum atomic E-state index is 9.53. The third-order valence-corrected chi connectivity index (χ3v) is 4.83. The molecule has 1 aromatic rings. The van der Waals surface area contributed by atoms with Gasteiger partial charge in [-0.2, -0.15) is 0 Å². The standard InChI is InChI=1S/C15H20ClNO/c16-13-7-1-5-12(10-18)15(13)17-9-3-6-11-4-2-8-14(11)17/h1,5,7,11,14,18H,2-4,6,8-10H2. The van der Waals surface area contributed by atoms with Crippen molar-refractivity contribution in [2.75, 3.05) is 11.4 Å². The van der Waals surface area contributed by atoms with Gasteiger partial charge in [-0.25, -0.2) is 0 Å².